The number of hydrogen-bond acceptors (Lipinski definition) is 2. The van der Waals surface area contributed by atoms with E-state index >= 15 is 0 Å². The van der Waals surface area contributed by atoms with Crippen LogP contribution in [-0.4, -0.2) is 14.2 Å². The van der Waals surface area contributed by atoms with Crippen LogP contribution < -0.4 is 5.56 Å². The van der Waals surface area contributed by atoms with Gasteiger partial charge in [-0.15, -0.1) is 0 Å². The van der Waals surface area contributed by atoms with E-state index in [0.29, 0.717) is 11.2 Å². The van der Waals surface area contributed by atoms with Crippen molar-refractivity contribution in [1.82, 2.24) is 14.2 Å². The highest BCUT2D eigenvalue weighted by Gasteiger charge is 2.16. The molecule has 4 nitrogen and oxygen atoms in total. The summed E-state index contributed by atoms with van der Waals surface area (Å²) >= 11 is 0. The van der Waals surface area contributed by atoms with Crippen molar-refractivity contribution in [3.05, 3.63) is 88.3 Å². The molecule has 0 bridgehead atoms. The first-order valence-corrected chi connectivity index (χ1v) is 7.89. The summed E-state index contributed by atoms with van der Waals surface area (Å²) in [5, 5.41) is 0. The molecule has 0 radical (unpaired) electrons. The monoisotopic (exact) mass is 315 g/mol. The molecule has 0 atom stereocenters. The lowest BCUT2D eigenvalue weighted by atomic mass is 10.1. The Balaban J connectivity index is 2.17. The molecule has 0 aliphatic carbocycles. The molecule has 24 heavy (non-hydrogen) atoms. The summed E-state index contributed by atoms with van der Waals surface area (Å²) in [5.41, 5.74) is 4.97. The first-order chi connectivity index (χ1) is 11.7. The molecule has 2 aromatic carbocycles. The lowest BCUT2D eigenvalue weighted by molar-refractivity contribution is 0.759. The molecule has 0 saturated heterocycles. The van der Waals surface area contributed by atoms with Gasteiger partial charge >= 0.3 is 0 Å². The molecule has 0 unspecified atom stereocenters. The molecule has 4 aromatic rings. The van der Waals surface area contributed by atoms with Crippen molar-refractivity contribution in [2.75, 3.05) is 0 Å². The average Bonchev–Trinajstić information content (AvgIpc) is 3.00. The van der Waals surface area contributed by atoms with E-state index in [1.165, 1.54) is 0 Å². The smallest absolute Gasteiger partial charge is 0.267 e. The summed E-state index contributed by atoms with van der Waals surface area (Å²) in [7, 11) is 0. The van der Waals surface area contributed by atoms with E-state index in [9.17, 15) is 4.79 Å². The van der Waals surface area contributed by atoms with Gasteiger partial charge in [-0.3, -0.25) is 4.79 Å². The van der Waals surface area contributed by atoms with Crippen LogP contribution in [0.3, 0.4) is 0 Å². The van der Waals surface area contributed by atoms with Gasteiger partial charge in [0.2, 0.25) is 0 Å². The first kappa shape index (κ1) is 14.5. The van der Waals surface area contributed by atoms with Gasteiger partial charge in [0.1, 0.15) is 0 Å². The van der Waals surface area contributed by atoms with Crippen LogP contribution in [0.25, 0.3) is 22.6 Å². The van der Waals surface area contributed by atoms with Crippen LogP contribution in [0.15, 0.2) is 71.5 Å². The van der Waals surface area contributed by atoms with Crippen molar-refractivity contribution in [3.63, 3.8) is 0 Å². The Morgan fingerprint density at radius 2 is 1.50 bits per heavy atom. The summed E-state index contributed by atoms with van der Waals surface area (Å²) < 4.78 is 3.59. The Morgan fingerprint density at radius 1 is 0.875 bits per heavy atom. The number of fused-ring (bicyclic) bond motifs is 1. The minimum absolute atomic E-state index is 0.0384. The number of aromatic nitrogens is 3. The number of rotatable bonds is 2. The van der Waals surface area contributed by atoms with Crippen LogP contribution in [-0.2, 0) is 0 Å². The molecule has 2 aromatic heterocycles. The Bertz CT molecular complexity index is 1080. The number of para-hydroxylation sites is 1. The molecule has 0 amide bonds. The van der Waals surface area contributed by atoms with Crippen molar-refractivity contribution in [2.24, 2.45) is 0 Å². The maximum atomic E-state index is 12.9. The standard InChI is InChI=1S/C20H17N3O/c1-14-15(2)21-19-13-18(16-9-5-3-6-10-16)22(23(19)20(14)24)17-11-7-4-8-12-17/h3-13H,1-2H3. The van der Waals surface area contributed by atoms with Crippen LogP contribution >= 0.6 is 0 Å². The number of hydrogen-bond donors (Lipinski definition) is 0. The minimum Gasteiger partial charge on any atom is -0.267 e. The van der Waals surface area contributed by atoms with E-state index in [0.717, 1.165) is 22.6 Å². The van der Waals surface area contributed by atoms with Crippen LogP contribution in [0.2, 0.25) is 0 Å². The van der Waals surface area contributed by atoms with Gasteiger partial charge in [-0.2, -0.15) is 4.52 Å². The van der Waals surface area contributed by atoms with Gasteiger partial charge < -0.3 is 0 Å². The maximum absolute atomic E-state index is 12.9. The number of aryl methyl sites for hydroxylation is 1. The highest BCUT2D eigenvalue weighted by Crippen LogP contribution is 2.25. The Kier molecular flexibility index (Phi) is 3.31. The van der Waals surface area contributed by atoms with Crippen molar-refractivity contribution >= 4 is 5.65 Å². The summed E-state index contributed by atoms with van der Waals surface area (Å²) in [6.07, 6.45) is 0. The third-order valence-electron chi connectivity index (χ3n) is 4.32. The molecule has 0 spiro atoms. The van der Waals surface area contributed by atoms with Crippen LogP contribution in [0, 0.1) is 13.8 Å². The Hall–Kier alpha value is -3.14. The fraction of sp³-hybridized carbons (Fsp3) is 0.100. The number of benzene rings is 2. The molecule has 0 aliphatic heterocycles. The van der Waals surface area contributed by atoms with Crippen molar-refractivity contribution in [3.8, 4) is 16.9 Å². The third-order valence-corrected chi connectivity index (χ3v) is 4.32. The van der Waals surface area contributed by atoms with Gasteiger partial charge in [-0.1, -0.05) is 48.5 Å². The Morgan fingerprint density at radius 3 is 2.17 bits per heavy atom. The van der Waals surface area contributed by atoms with E-state index in [-0.39, 0.29) is 5.56 Å². The van der Waals surface area contributed by atoms with E-state index in [1.807, 2.05) is 85.3 Å². The van der Waals surface area contributed by atoms with E-state index in [1.54, 1.807) is 4.52 Å². The quantitative estimate of drug-likeness (QED) is 0.565. The van der Waals surface area contributed by atoms with E-state index in [2.05, 4.69) is 4.98 Å². The zero-order valence-electron chi connectivity index (χ0n) is 13.6. The number of nitrogens with zero attached hydrogens (tertiary/aromatic N) is 3. The third kappa shape index (κ3) is 2.15. The predicted octanol–water partition coefficient (Wildman–Crippen LogP) is 3.77. The molecule has 118 valence electrons. The summed E-state index contributed by atoms with van der Waals surface area (Å²) in [5.74, 6) is 0. The topological polar surface area (TPSA) is 39.3 Å². The van der Waals surface area contributed by atoms with Gasteiger partial charge in [-0.25, -0.2) is 9.67 Å². The molecular formula is C20H17N3O. The van der Waals surface area contributed by atoms with Crippen molar-refractivity contribution in [2.45, 2.75) is 13.8 Å². The normalized spacial score (nSPS) is 11.1. The molecular weight excluding hydrogens is 298 g/mol. The zero-order valence-corrected chi connectivity index (χ0v) is 13.6. The van der Waals surface area contributed by atoms with Crippen LogP contribution in [0.1, 0.15) is 11.3 Å². The van der Waals surface area contributed by atoms with Gasteiger partial charge in [-0.05, 0) is 26.0 Å². The zero-order chi connectivity index (χ0) is 16.7. The fourth-order valence-corrected chi connectivity index (χ4v) is 2.94. The summed E-state index contributed by atoms with van der Waals surface area (Å²) in [6.45, 7) is 3.69. The SMILES string of the molecule is Cc1nc2cc(-c3ccccc3)n(-c3ccccc3)n2c(=O)c1C. The summed E-state index contributed by atoms with van der Waals surface area (Å²) in [4.78, 5) is 17.5. The van der Waals surface area contributed by atoms with Crippen molar-refractivity contribution < 1.29 is 0 Å². The molecule has 4 heteroatoms. The van der Waals surface area contributed by atoms with Gasteiger partial charge in [0.15, 0.2) is 5.65 Å². The molecule has 0 aliphatic rings. The highest BCUT2D eigenvalue weighted by atomic mass is 16.1. The second kappa shape index (κ2) is 5.49. The fourth-order valence-electron chi connectivity index (χ4n) is 2.94. The lowest BCUT2D eigenvalue weighted by Gasteiger charge is -2.12. The highest BCUT2D eigenvalue weighted by molar-refractivity contribution is 5.67. The molecule has 0 saturated carbocycles. The van der Waals surface area contributed by atoms with Gasteiger partial charge in [0.05, 0.1) is 11.4 Å². The second-order valence-corrected chi connectivity index (χ2v) is 5.84. The lowest BCUT2D eigenvalue weighted by Crippen LogP contribution is -2.24. The van der Waals surface area contributed by atoms with E-state index < -0.39 is 0 Å². The molecule has 0 N–H and O–H groups in total. The largest absolute Gasteiger partial charge is 0.276 e. The Labute approximate surface area is 139 Å². The maximum Gasteiger partial charge on any atom is 0.276 e. The predicted molar refractivity (Wildman–Crippen MR) is 95.7 cm³/mol. The van der Waals surface area contributed by atoms with Crippen LogP contribution in [0.5, 0.6) is 0 Å². The average molecular weight is 315 g/mol. The minimum atomic E-state index is -0.0384. The molecule has 0 fully saturated rings. The molecule has 2 heterocycles. The van der Waals surface area contributed by atoms with Gasteiger partial charge in [0.25, 0.3) is 5.56 Å². The van der Waals surface area contributed by atoms with Crippen LogP contribution in [0.4, 0.5) is 0 Å². The van der Waals surface area contributed by atoms with Crippen molar-refractivity contribution in [1.29, 1.82) is 0 Å². The summed E-state index contributed by atoms with van der Waals surface area (Å²) in [6, 6.07) is 21.9. The van der Waals surface area contributed by atoms with Gasteiger partial charge in [0, 0.05) is 22.9 Å². The second-order valence-electron chi connectivity index (χ2n) is 5.84. The van der Waals surface area contributed by atoms with E-state index in [4.69, 9.17) is 0 Å². The first-order valence-electron chi connectivity index (χ1n) is 7.89. The molecule has 4 rings (SSSR count).